The van der Waals surface area contributed by atoms with E-state index in [1.165, 1.54) is 6.39 Å². The van der Waals surface area contributed by atoms with Crippen molar-refractivity contribution in [3.05, 3.63) is 71.3 Å². The lowest BCUT2D eigenvalue weighted by Crippen LogP contribution is -2.19. The molecule has 96 valence electrons. The van der Waals surface area contributed by atoms with E-state index in [1.807, 2.05) is 54.6 Å². The molecule has 0 spiro atoms. The van der Waals surface area contributed by atoms with Gasteiger partial charge in [0.05, 0.1) is 5.52 Å². The molecule has 0 fully saturated rings. The Bertz CT molecular complexity index is 968. The molecule has 0 radical (unpaired) electrons. The highest BCUT2D eigenvalue weighted by molar-refractivity contribution is 6.01. The van der Waals surface area contributed by atoms with Crippen LogP contribution in [-0.4, -0.2) is 9.55 Å². The number of para-hydroxylation sites is 2. The molecule has 4 nitrogen and oxygen atoms in total. The normalized spacial score (nSPS) is 11.2. The summed E-state index contributed by atoms with van der Waals surface area (Å²) in [6, 6.07) is 17.2. The van der Waals surface area contributed by atoms with Gasteiger partial charge >= 0.3 is 0 Å². The number of rotatable bonds is 1. The molecule has 4 heteroatoms. The van der Waals surface area contributed by atoms with Gasteiger partial charge in [-0.05, 0) is 24.3 Å². The lowest BCUT2D eigenvalue weighted by Gasteiger charge is -2.10. The van der Waals surface area contributed by atoms with Crippen LogP contribution in [0.5, 0.6) is 0 Å². The molecule has 0 saturated heterocycles. The molecule has 4 rings (SSSR count). The standard InChI is InChI=1S/C16H10N2O2/c19-16-14-15(20-10-17-14)12-8-4-5-9-13(12)18(16)11-6-2-1-3-7-11/h1-10H. The second kappa shape index (κ2) is 4.06. The van der Waals surface area contributed by atoms with Crippen molar-refractivity contribution in [2.75, 3.05) is 0 Å². The number of nitrogens with zero attached hydrogens (tertiary/aromatic N) is 2. The summed E-state index contributed by atoms with van der Waals surface area (Å²) in [6.45, 7) is 0. The summed E-state index contributed by atoms with van der Waals surface area (Å²) in [5.41, 5.74) is 2.36. The first-order valence-electron chi connectivity index (χ1n) is 6.28. The number of benzene rings is 2. The van der Waals surface area contributed by atoms with Gasteiger partial charge in [0.15, 0.2) is 17.5 Å². The molecule has 0 aliphatic rings. The number of fused-ring (bicyclic) bond motifs is 3. The smallest absolute Gasteiger partial charge is 0.285 e. The number of oxazole rings is 1. The number of hydrogen-bond donors (Lipinski definition) is 0. The van der Waals surface area contributed by atoms with Gasteiger partial charge in [-0.1, -0.05) is 30.3 Å². The van der Waals surface area contributed by atoms with E-state index in [4.69, 9.17) is 4.42 Å². The zero-order chi connectivity index (χ0) is 13.5. The SMILES string of the molecule is O=c1c2ncoc2c2ccccc2n1-c1ccccc1. The van der Waals surface area contributed by atoms with E-state index in [2.05, 4.69) is 4.98 Å². The summed E-state index contributed by atoms with van der Waals surface area (Å²) in [6.07, 6.45) is 1.31. The second-order valence-corrected chi connectivity index (χ2v) is 4.52. The molecule has 0 atom stereocenters. The molecule has 0 saturated carbocycles. The summed E-state index contributed by atoms with van der Waals surface area (Å²) in [5.74, 6) is 0. The van der Waals surface area contributed by atoms with Gasteiger partial charge in [0, 0.05) is 11.1 Å². The zero-order valence-electron chi connectivity index (χ0n) is 10.5. The van der Waals surface area contributed by atoms with Crippen molar-refractivity contribution in [1.29, 1.82) is 0 Å². The Morgan fingerprint density at radius 3 is 2.55 bits per heavy atom. The van der Waals surface area contributed by atoms with Crippen LogP contribution in [-0.2, 0) is 0 Å². The van der Waals surface area contributed by atoms with Crippen LogP contribution in [0, 0.1) is 0 Å². The lowest BCUT2D eigenvalue weighted by atomic mass is 10.2. The maximum Gasteiger partial charge on any atom is 0.285 e. The van der Waals surface area contributed by atoms with Crippen molar-refractivity contribution in [3.8, 4) is 5.69 Å². The summed E-state index contributed by atoms with van der Waals surface area (Å²) < 4.78 is 7.05. The van der Waals surface area contributed by atoms with Crippen molar-refractivity contribution in [1.82, 2.24) is 9.55 Å². The molecule has 4 aromatic rings. The van der Waals surface area contributed by atoms with Gasteiger partial charge < -0.3 is 4.42 Å². The maximum absolute atomic E-state index is 12.6. The van der Waals surface area contributed by atoms with E-state index in [0.29, 0.717) is 11.1 Å². The minimum absolute atomic E-state index is 0.168. The Labute approximate surface area is 113 Å². The average Bonchev–Trinajstić information content (AvgIpc) is 2.99. The largest absolute Gasteiger partial charge is 0.443 e. The van der Waals surface area contributed by atoms with Gasteiger partial charge in [0.25, 0.3) is 5.56 Å². The third kappa shape index (κ3) is 1.42. The molecule has 0 N–H and O–H groups in total. The van der Waals surface area contributed by atoms with Gasteiger partial charge in [-0.15, -0.1) is 0 Å². The van der Waals surface area contributed by atoms with Crippen LogP contribution in [0.3, 0.4) is 0 Å². The topological polar surface area (TPSA) is 48.0 Å². The van der Waals surface area contributed by atoms with Gasteiger partial charge in [-0.25, -0.2) is 4.98 Å². The molecule has 0 unspecified atom stereocenters. The van der Waals surface area contributed by atoms with E-state index >= 15 is 0 Å². The summed E-state index contributed by atoms with van der Waals surface area (Å²) >= 11 is 0. The molecule has 0 amide bonds. The van der Waals surface area contributed by atoms with Crippen LogP contribution < -0.4 is 5.56 Å². The molecule has 0 aliphatic heterocycles. The first kappa shape index (κ1) is 11.0. The fourth-order valence-corrected chi connectivity index (χ4v) is 2.50. The minimum Gasteiger partial charge on any atom is -0.443 e. The molecule has 0 aliphatic carbocycles. The third-order valence-electron chi connectivity index (χ3n) is 3.38. The van der Waals surface area contributed by atoms with Crippen molar-refractivity contribution < 1.29 is 4.42 Å². The van der Waals surface area contributed by atoms with Gasteiger partial charge in [-0.2, -0.15) is 0 Å². The van der Waals surface area contributed by atoms with Gasteiger partial charge in [0.1, 0.15) is 0 Å². The number of aromatic nitrogens is 2. The molecule has 20 heavy (non-hydrogen) atoms. The Morgan fingerprint density at radius 2 is 1.70 bits per heavy atom. The van der Waals surface area contributed by atoms with Crippen LogP contribution in [0.4, 0.5) is 0 Å². The van der Waals surface area contributed by atoms with Crippen molar-refractivity contribution in [3.63, 3.8) is 0 Å². The van der Waals surface area contributed by atoms with Crippen LogP contribution in [0.25, 0.3) is 27.7 Å². The number of pyridine rings is 1. The first-order valence-corrected chi connectivity index (χ1v) is 6.28. The quantitative estimate of drug-likeness (QED) is 0.529. The Hall–Kier alpha value is -2.88. The summed E-state index contributed by atoms with van der Waals surface area (Å²) in [5, 5.41) is 0.878. The third-order valence-corrected chi connectivity index (χ3v) is 3.38. The Balaban J connectivity index is 2.28. The highest BCUT2D eigenvalue weighted by Crippen LogP contribution is 2.23. The number of hydrogen-bond acceptors (Lipinski definition) is 3. The van der Waals surface area contributed by atoms with Crippen LogP contribution in [0.15, 0.2) is 70.2 Å². The highest BCUT2D eigenvalue weighted by Gasteiger charge is 2.14. The van der Waals surface area contributed by atoms with Gasteiger partial charge in [0.2, 0.25) is 0 Å². The summed E-state index contributed by atoms with van der Waals surface area (Å²) in [4.78, 5) is 16.7. The molecule has 2 heterocycles. The van der Waals surface area contributed by atoms with Crippen molar-refractivity contribution in [2.24, 2.45) is 0 Å². The van der Waals surface area contributed by atoms with E-state index in [9.17, 15) is 4.79 Å². The van der Waals surface area contributed by atoms with Crippen molar-refractivity contribution in [2.45, 2.75) is 0 Å². The Morgan fingerprint density at radius 1 is 0.950 bits per heavy atom. The molecular formula is C16H10N2O2. The second-order valence-electron chi connectivity index (χ2n) is 4.52. The monoisotopic (exact) mass is 262 g/mol. The van der Waals surface area contributed by atoms with E-state index < -0.39 is 0 Å². The minimum atomic E-state index is -0.168. The average molecular weight is 262 g/mol. The van der Waals surface area contributed by atoms with E-state index in [1.54, 1.807) is 4.57 Å². The van der Waals surface area contributed by atoms with Gasteiger partial charge in [-0.3, -0.25) is 9.36 Å². The first-order chi connectivity index (χ1) is 9.86. The molecule has 2 aromatic carbocycles. The molecule has 2 aromatic heterocycles. The fourth-order valence-electron chi connectivity index (χ4n) is 2.50. The van der Waals surface area contributed by atoms with Crippen LogP contribution in [0.1, 0.15) is 0 Å². The van der Waals surface area contributed by atoms with E-state index in [0.717, 1.165) is 16.6 Å². The molecule has 0 bridgehead atoms. The fraction of sp³-hybridized carbons (Fsp3) is 0. The zero-order valence-corrected chi connectivity index (χ0v) is 10.5. The summed E-state index contributed by atoms with van der Waals surface area (Å²) in [7, 11) is 0. The van der Waals surface area contributed by atoms with Crippen LogP contribution >= 0.6 is 0 Å². The highest BCUT2D eigenvalue weighted by atomic mass is 16.3. The lowest BCUT2D eigenvalue weighted by molar-refractivity contribution is 0.605. The Kier molecular flexibility index (Phi) is 2.23. The predicted molar refractivity (Wildman–Crippen MR) is 77.1 cm³/mol. The van der Waals surface area contributed by atoms with Crippen LogP contribution in [0.2, 0.25) is 0 Å². The predicted octanol–water partition coefficient (Wildman–Crippen LogP) is 3.13. The van der Waals surface area contributed by atoms with Crippen molar-refractivity contribution >= 4 is 22.0 Å². The maximum atomic E-state index is 12.6. The van der Waals surface area contributed by atoms with E-state index in [-0.39, 0.29) is 5.56 Å². The molecular weight excluding hydrogens is 252 g/mol.